The van der Waals surface area contributed by atoms with Gasteiger partial charge >= 0.3 is 0 Å². The van der Waals surface area contributed by atoms with Gasteiger partial charge in [0.2, 0.25) is 5.91 Å². The Balaban J connectivity index is 1.90. The van der Waals surface area contributed by atoms with Crippen LogP contribution in [0.4, 0.5) is 0 Å². The van der Waals surface area contributed by atoms with E-state index >= 15 is 0 Å². The molecule has 1 unspecified atom stereocenters. The van der Waals surface area contributed by atoms with Crippen LogP contribution in [0, 0.1) is 5.41 Å². The predicted molar refractivity (Wildman–Crippen MR) is 84.6 cm³/mol. The van der Waals surface area contributed by atoms with Crippen molar-refractivity contribution >= 4 is 17.2 Å². The molecule has 1 saturated carbocycles. The molecule has 2 rings (SSSR count). The molecule has 4 heteroatoms. The maximum absolute atomic E-state index is 12.5. The molecule has 0 spiro atoms. The number of nitrogens with two attached hydrogens (primary N) is 1. The SMILES string of the molecule is CC(C)(C)CC(N)CC(=O)N(Cc1ccsc1)C1CC1. The second kappa shape index (κ2) is 6.27. The first kappa shape index (κ1) is 15.5. The lowest BCUT2D eigenvalue weighted by molar-refractivity contribution is -0.132. The van der Waals surface area contributed by atoms with E-state index in [0.717, 1.165) is 25.8 Å². The molecule has 20 heavy (non-hydrogen) atoms. The van der Waals surface area contributed by atoms with E-state index < -0.39 is 0 Å². The van der Waals surface area contributed by atoms with Gasteiger partial charge in [0.05, 0.1) is 0 Å². The molecule has 3 nitrogen and oxygen atoms in total. The van der Waals surface area contributed by atoms with Crippen LogP contribution in [0.15, 0.2) is 16.8 Å². The smallest absolute Gasteiger partial charge is 0.224 e. The van der Waals surface area contributed by atoms with E-state index in [1.165, 1.54) is 5.56 Å². The summed E-state index contributed by atoms with van der Waals surface area (Å²) in [5.41, 5.74) is 7.56. The molecule has 1 aliphatic carbocycles. The summed E-state index contributed by atoms with van der Waals surface area (Å²) in [6.45, 7) is 7.25. The molecule has 1 heterocycles. The molecule has 0 radical (unpaired) electrons. The minimum absolute atomic E-state index is 0.0359. The van der Waals surface area contributed by atoms with Gasteiger partial charge < -0.3 is 10.6 Å². The lowest BCUT2D eigenvalue weighted by atomic mass is 9.87. The molecule has 0 aromatic carbocycles. The van der Waals surface area contributed by atoms with Gasteiger partial charge in [-0.05, 0) is 47.1 Å². The van der Waals surface area contributed by atoms with Gasteiger partial charge in [-0.2, -0.15) is 11.3 Å². The van der Waals surface area contributed by atoms with Gasteiger partial charge in [-0.25, -0.2) is 0 Å². The maximum atomic E-state index is 12.5. The topological polar surface area (TPSA) is 46.3 Å². The summed E-state index contributed by atoms with van der Waals surface area (Å²) in [4.78, 5) is 14.5. The second-order valence-electron chi connectivity index (χ2n) is 7.11. The van der Waals surface area contributed by atoms with Gasteiger partial charge in [0.15, 0.2) is 0 Å². The van der Waals surface area contributed by atoms with E-state index in [4.69, 9.17) is 5.73 Å². The number of carbonyl (C=O) groups is 1. The molecule has 1 aromatic heterocycles. The number of rotatable bonds is 6. The zero-order chi connectivity index (χ0) is 14.8. The standard InChI is InChI=1S/C16H26N2OS/c1-16(2,3)9-13(17)8-15(19)18(14-4-5-14)10-12-6-7-20-11-12/h6-7,11,13-14H,4-5,8-10,17H2,1-3H3. The minimum atomic E-state index is -0.0359. The van der Waals surface area contributed by atoms with Crippen LogP contribution in [-0.2, 0) is 11.3 Å². The highest BCUT2D eigenvalue weighted by Gasteiger charge is 2.33. The number of amides is 1. The first-order valence-corrected chi connectivity index (χ1v) is 8.35. The molecule has 1 fully saturated rings. The van der Waals surface area contributed by atoms with Crippen molar-refractivity contribution in [3.63, 3.8) is 0 Å². The summed E-state index contributed by atoms with van der Waals surface area (Å²) in [5, 5.41) is 4.19. The lowest BCUT2D eigenvalue weighted by Gasteiger charge is -2.27. The number of carbonyl (C=O) groups excluding carboxylic acids is 1. The van der Waals surface area contributed by atoms with Gasteiger partial charge in [0, 0.05) is 25.0 Å². The van der Waals surface area contributed by atoms with Crippen LogP contribution in [0.2, 0.25) is 0 Å². The number of nitrogens with zero attached hydrogens (tertiary/aromatic N) is 1. The number of hydrogen-bond acceptors (Lipinski definition) is 3. The van der Waals surface area contributed by atoms with Crippen LogP contribution in [0.25, 0.3) is 0 Å². The van der Waals surface area contributed by atoms with Crippen LogP contribution in [0.3, 0.4) is 0 Å². The first-order chi connectivity index (χ1) is 9.35. The molecule has 2 N–H and O–H groups in total. The summed E-state index contributed by atoms with van der Waals surface area (Å²) >= 11 is 1.68. The van der Waals surface area contributed by atoms with Crippen molar-refractivity contribution in [3.8, 4) is 0 Å². The van der Waals surface area contributed by atoms with Gasteiger partial charge in [0.25, 0.3) is 0 Å². The number of hydrogen-bond donors (Lipinski definition) is 1. The van der Waals surface area contributed by atoms with Crippen LogP contribution in [-0.4, -0.2) is 22.9 Å². The van der Waals surface area contributed by atoms with Crippen molar-refractivity contribution in [1.82, 2.24) is 4.90 Å². The summed E-state index contributed by atoms with van der Waals surface area (Å²) in [6.07, 6.45) is 3.64. The Morgan fingerprint density at radius 2 is 2.20 bits per heavy atom. The summed E-state index contributed by atoms with van der Waals surface area (Å²) in [7, 11) is 0. The third-order valence-corrected chi connectivity index (χ3v) is 4.28. The number of thiophene rings is 1. The van der Waals surface area contributed by atoms with Crippen LogP contribution >= 0.6 is 11.3 Å². The van der Waals surface area contributed by atoms with Gasteiger partial charge in [-0.15, -0.1) is 0 Å². The Morgan fingerprint density at radius 1 is 1.50 bits per heavy atom. The molecular weight excluding hydrogens is 268 g/mol. The summed E-state index contributed by atoms with van der Waals surface area (Å²) < 4.78 is 0. The highest BCUT2D eigenvalue weighted by molar-refractivity contribution is 7.07. The second-order valence-corrected chi connectivity index (χ2v) is 7.89. The predicted octanol–water partition coefficient (Wildman–Crippen LogP) is 3.39. The van der Waals surface area contributed by atoms with E-state index in [-0.39, 0.29) is 17.4 Å². The minimum Gasteiger partial charge on any atom is -0.335 e. The molecular formula is C16H26N2OS. The Morgan fingerprint density at radius 3 is 2.70 bits per heavy atom. The van der Waals surface area contributed by atoms with Crippen molar-refractivity contribution in [3.05, 3.63) is 22.4 Å². The van der Waals surface area contributed by atoms with E-state index in [9.17, 15) is 4.79 Å². The molecule has 1 amide bonds. The monoisotopic (exact) mass is 294 g/mol. The average molecular weight is 294 g/mol. The fraction of sp³-hybridized carbons (Fsp3) is 0.688. The van der Waals surface area contributed by atoms with E-state index in [1.807, 2.05) is 4.90 Å². The lowest BCUT2D eigenvalue weighted by Crippen LogP contribution is -2.38. The van der Waals surface area contributed by atoms with Crippen molar-refractivity contribution in [2.24, 2.45) is 11.1 Å². The van der Waals surface area contributed by atoms with Crippen molar-refractivity contribution in [2.45, 2.75) is 65.1 Å². The molecule has 0 bridgehead atoms. The van der Waals surface area contributed by atoms with Crippen LogP contribution in [0.5, 0.6) is 0 Å². The van der Waals surface area contributed by atoms with Crippen molar-refractivity contribution in [1.29, 1.82) is 0 Å². The first-order valence-electron chi connectivity index (χ1n) is 7.41. The Kier molecular flexibility index (Phi) is 4.86. The Hall–Kier alpha value is -0.870. The highest BCUT2D eigenvalue weighted by Crippen LogP contribution is 2.30. The molecule has 0 aliphatic heterocycles. The summed E-state index contributed by atoms with van der Waals surface area (Å²) in [5.74, 6) is 0.218. The van der Waals surface area contributed by atoms with Gasteiger partial charge in [0.1, 0.15) is 0 Å². The van der Waals surface area contributed by atoms with Crippen molar-refractivity contribution < 1.29 is 4.79 Å². The zero-order valence-electron chi connectivity index (χ0n) is 12.8. The highest BCUT2D eigenvalue weighted by atomic mass is 32.1. The van der Waals surface area contributed by atoms with E-state index in [1.54, 1.807) is 11.3 Å². The normalized spacial score (nSPS) is 17.0. The van der Waals surface area contributed by atoms with E-state index in [2.05, 4.69) is 37.6 Å². The average Bonchev–Trinajstić information content (AvgIpc) is 3.00. The molecule has 1 aliphatic rings. The molecule has 1 aromatic rings. The van der Waals surface area contributed by atoms with Gasteiger partial charge in [-0.3, -0.25) is 4.79 Å². The third kappa shape index (κ3) is 4.91. The molecule has 112 valence electrons. The maximum Gasteiger partial charge on any atom is 0.224 e. The Labute approximate surface area is 126 Å². The van der Waals surface area contributed by atoms with E-state index in [0.29, 0.717) is 12.5 Å². The quantitative estimate of drug-likeness (QED) is 0.874. The summed E-state index contributed by atoms with van der Waals surface area (Å²) in [6, 6.07) is 2.51. The largest absolute Gasteiger partial charge is 0.335 e. The Bertz CT molecular complexity index is 432. The fourth-order valence-corrected chi connectivity index (χ4v) is 3.25. The van der Waals surface area contributed by atoms with Crippen LogP contribution < -0.4 is 5.73 Å². The zero-order valence-corrected chi connectivity index (χ0v) is 13.6. The van der Waals surface area contributed by atoms with Gasteiger partial charge in [-0.1, -0.05) is 20.8 Å². The fourth-order valence-electron chi connectivity index (χ4n) is 2.59. The third-order valence-electron chi connectivity index (χ3n) is 3.55. The molecule has 0 saturated heterocycles. The van der Waals surface area contributed by atoms with Crippen molar-refractivity contribution in [2.75, 3.05) is 0 Å². The van der Waals surface area contributed by atoms with Crippen LogP contribution in [0.1, 0.15) is 52.0 Å². The molecule has 1 atom stereocenters.